The molecule has 0 bridgehead atoms. The van der Waals surface area contributed by atoms with E-state index in [1.165, 1.54) is 0 Å². The molecule has 2 aromatic carbocycles. The van der Waals surface area contributed by atoms with Gasteiger partial charge in [0.1, 0.15) is 36.6 Å². The second-order valence-corrected chi connectivity index (χ2v) is 12.2. The highest BCUT2D eigenvalue weighted by Crippen LogP contribution is 2.12. The van der Waals surface area contributed by atoms with Gasteiger partial charge in [0.25, 0.3) is 0 Å². The van der Waals surface area contributed by atoms with Crippen molar-refractivity contribution in [2.75, 3.05) is 13.2 Å². The molecule has 0 amide bonds. The third-order valence-electron chi connectivity index (χ3n) is 4.26. The van der Waals surface area contributed by atoms with Gasteiger partial charge in [0.2, 0.25) is 0 Å². The highest BCUT2D eigenvalue weighted by atomic mass is 16.8. The highest BCUT2D eigenvalue weighted by molar-refractivity contribution is 5.77. The Kier molecular flexibility index (Phi) is 18.3. The molecular weight excluding hydrogens is 604 g/mol. The first-order valence-corrected chi connectivity index (χ1v) is 14.2. The molecule has 0 fully saturated rings. The molecule has 0 saturated heterocycles. The summed E-state index contributed by atoms with van der Waals surface area (Å²) >= 11 is 0. The van der Waals surface area contributed by atoms with Crippen molar-refractivity contribution in [3.05, 3.63) is 71.8 Å². The minimum absolute atomic E-state index is 0.150. The van der Waals surface area contributed by atoms with Crippen LogP contribution in [-0.4, -0.2) is 65.5 Å². The average molecular weight is 651 g/mol. The molecule has 0 aliphatic heterocycles. The third-order valence-corrected chi connectivity index (χ3v) is 4.26. The number of aliphatic hydroxyl groups is 1. The fraction of sp³-hybridized carbons (Fsp3) is 0.485. The van der Waals surface area contributed by atoms with Gasteiger partial charge < -0.3 is 38.3 Å². The lowest BCUT2D eigenvalue weighted by Crippen LogP contribution is -2.29. The van der Waals surface area contributed by atoms with Crippen molar-refractivity contribution in [2.45, 2.75) is 92.3 Å². The summed E-state index contributed by atoms with van der Waals surface area (Å²) in [7, 11) is 0. The van der Waals surface area contributed by atoms with Crippen LogP contribution in [0.4, 0.5) is 14.4 Å². The number of esters is 2. The average Bonchev–Trinajstić information content (AvgIpc) is 2.92. The molecule has 13 heteroatoms. The van der Waals surface area contributed by atoms with Gasteiger partial charge in [0.05, 0.1) is 0 Å². The van der Waals surface area contributed by atoms with Crippen LogP contribution in [0.25, 0.3) is 0 Å². The number of carbonyl (C=O) groups excluding carboxylic acids is 5. The van der Waals surface area contributed by atoms with E-state index in [9.17, 15) is 24.0 Å². The summed E-state index contributed by atoms with van der Waals surface area (Å²) in [5.41, 5.74) is -0.254. The molecule has 2 aromatic rings. The van der Waals surface area contributed by atoms with Crippen LogP contribution in [0, 0.1) is 0 Å². The molecule has 2 rings (SSSR count). The number of ether oxygens (including phenoxy) is 7. The Morgan fingerprint density at radius 3 is 1.22 bits per heavy atom. The molecule has 0 heterocycles. The largest absolute Gasteiger partial charge is 0.519 e. The zero-order valence-corrected chi connectivity index (χ0v) is 27.9. The molecule has 0 unspecified atom stereocenters. The Hall–Kier alpha value is -4.65. The van der Waals surface area contributed by atoms with Crippen LogP contribution >= 0.6 is 0 Å². The van der Waals surface area contributed by atoms with Gasteiger partial charge in [-0.2, -0.15) is 0 Å². The standard InChI is InChI=1S/C14H18O5.C10H18O5.C9H10O3/c1-14(2,3)19-13(16)18-10-12(15)17-9-11-7-5-4-6-8-11;1-9(2,3)14-7(11)13-8(12)15-10(4,5)6;10-6-9(11)12-7-8-4-2-1-3-5-8/h4-8H,9-10H2,1-3H3;1-6H3;1-5,10H,6-7H2. The number of rotatable bonds is 7. The van der Waals surface area contributed by atoms with Gasteiger partial charge in [-0.15, -0.1) is 0 Å². The van der Waals surface area contributed by atoms with Crippen LogP contribution in [0.1, 0.15) is 73.4 Å². The van der Waals surface area contributed by atoms with Gasteiger partial charge in [0.15, 0.2) is 6.61 Å². The number of hydrogen-bond donors (Lipinski definition) is 1. The molecule has 0 aliphatic carbocycles. The van der Waals surface area contributed by atoms with Crippen LogP contribution in [0.2, 0.25) is 0 Å². The summed E-state index contributed by atoms with van der Waals surface area (Å²) in [6.45, 7) is 14.5. The van der Waals surface area contributed by atoms with Crippen molar-refractivity contribution in [3.8, 4) is 0 Å². The number of carbonyl (C=O) groups is 5. The monoisotopic (exact) mass is 650 g/mol. The fourth-order valence-corrected chi connectivity index (χ4v) is 2.57. The predicted octanol–water partition coefficient (Wildman–Crippen LogP) is 6.28. The predicted molar refractivity (Wildman–Crippen MR) is 165 cm³/mol. The van der Waals surface area contributed by atoms with Crippen molar-refractivity contribution >= 4 is 30.4 Å². The molecule has 256 valence electrons. The van der Waals surface area contributed by atoms with Crippen LogP contribution in [0.15, 0.2) is 60.7 Å². The zero-order chi connectivity index (χ0) is 35.4. The number of benzene rings is 2. The second-order valence-electron chi connectivity index (χ2n) is 12.2. The normalized spacial score (nSPS) is 10.7. The van der Waals surface area contributed by atoms with Crippen LogP contribution in [-0.2, 0) is 56.0 Å². The maximum atomic E-state index is 11.3. The first kappa shape index (κ1) is 41.4. The van der Waals surface area contributed by atoms with E-state index in [4.69, 9.17) is 24.1 Å². The first-order valence-electron chi connectivity index (χ1n) is 14.2. The molecule has 1 N–H and O–H groups in total. The van der Waals surface area contributed by atoms with E-state index in [1.807, 2.05) is 60.7 Å². The van der Waals surface area contributed by atoms with E-state index < -0.39 is 60.4 Å². The van der Waals surface area contributed by atoms with E-state index in [-0.39, 0.29) is 13.2 Å². The summed E-state index contributed by atoms with van der Waals surface area (Å²) in [6, 6.07) is 18.6. The SMILES string of the molecule is CC(C)(C)OC(=O)OC(=O)OC(C)(C)C.CC(C)(C)OC(=O)OCC(=O)OCc1ccccc1.O=C(CO)OCc1ccccc1. The summed E-state index contributed by atoms with van der Waals surface area (Å²) in [6.07, 6.45) is -3.00. The summed E-state index contributed by atoms with van der Waals surface area (Å²) in [5, 5.41) is 8.34. The highest BCUT2D eigenvalue weighted by Gasteiger charge is 2.24. The van der Waals surface area contributed by atoms with Crippen molar-refractivity contribution in [2.24, 2.45) is 0 Å². The van der Waals surface area contributed by atoms with Gasteiger partial charge in [-0.05, 0) is 73.4 Å². The molecule has 46 heavy (non-hydrogen) atoms. The maximum Gasteiger partial charge on any atom is 0.519 e. The van der Waals surface area contributed by atoms with Crippen LogP contribution in [0.5, 0.6) is 0 Å². The van der Waals surface area contributed by atoms with Gasteiger partial charge in [-0.25, -0.2) is 24.0 Å². The molecule has 13 nitrogen and oxygen atoms in total. The third kappa shape index (κ3) is 25.8. The Morgan fingerprint density at radius 1 is 0.522 bits per heavy atom. The van der Waals surface area contributed by atoms with Gasteiger partial charge in [-0.1, -0.05) is 60.7 Å². The van der Waals surface area contributed by atoms with E-state index in [2.05, 4.69) is 14.2 Å². The Labute approximate surface area is 270 Å². The Bertz CT molecular complexity index is 1180. The quantitative estimate of drug-likeness (QED) is 0.202. The lowest BCUT2D eigenvalue weighted by molar-refractivity contribution is -0.150. The first-order chi connectivity index (χ1) is 21.2. The minimum Gasteiger partial charge on any atom is -0.459 e. The number of hydrogen-bond acceptors (Lipinski definition) is 13. The minimum atomic E-state index is -1.06. The molecule has 0 atom stereocenters. The molecule has 0 saturated carbocycles. The Balaban J connectivity index is 0.000000679. The molecule has 0 spiro atoms. The zero-order valence-electron chi connectivity index (χ0n) is 27.9. The van der Waals surface area contributed by atoms with E-state index in [0.29, 0.717) is 0 Å². The summed E-state index contributed by atoms with van der Waals surface area (Å²) in [5.74, 6) is -1.21. The van der Waals surface area contributed by atoms with Crippen molar-refractivity contribution in [1.29, 1.82) is 0 Å². The van der Waals surface area contributed by atoms with Gasteiger partial charge >= 0.3 is 30.4 Å². The molecule has 0 radical (unpaired) electrons. The Morgan fingerprint density at radius 2 is 0.870 bits per heavy atom. The van der Waals surface area contributed by atoms with E-state index >= 15 is 0 Å². The smallest absolute Gasteiger partial charge is 0.459 e. The van der Waals surface area contributed by atoms with Crippen LogP contribution < -0.4 is 0 Å². The molecule has 0 aliphatic rings. The summed E-state index contributed by atoms with van der Waals surface area (Å²) < 4.78 is 32.9. The topological polar surface area (TPSA) is 170 Å². The molecular formula is C33H46O13. The second kappa shape index (κ2) is 20.4. The maximum absolute atomic E-state index is 11.3. The van der Waals surface area contributed by atoms with Crippen molar-refractivity contribution in [1.82, 2.24) is 0 Å². The van der Waals surface area contributed by atoms with Crippen molar-refractivity contribution in [3.63, 3.8) is 0 Å². The lowest BCUT2D eigenvalue weighted by atomic mass is 10.2. The van der Waals surface area contributed by atoms with Crippen LogP contribution in [0.3, 0.4) is 0 Å². The van der Waals surface area contributed by atoms with Gasteiger partial charge in [0, 0.05) is 0 Å². The van der Waals surface area contributed by atoms with E-state index in [0.717, 1.165) is 11.1 Å². The molecule has 0 aromatic heterocycles. The summed E-state index contributed by atoms with van der Waals surface area (Å²) in [4.78, 5) is 55.0. The van der Waals surface area contributed by atoms with Gasteiger partial charge in [-0.3, -0.25) is 0 Å². The fourth-order valence-electron chi connectivity index (χ4n) is 2.57. The lowest BCUT2D eigenvalue weighted by Gasteiger charge is -2.20. The van der Waals surface area contributed by atoms with Crippen molar-refractivity contribution < 1.29 is 62.2 Å². The number of aliphatic hydroxyl groups excluding tert-OH is 1. The van der Waals surface area contributed by atoms with E-state index in [1.54, 1.807) is 62.3 Å².